The van der Waals surface area contributed by atoms with Crippen LogP contribution in [0.5, 0.6) is 0 Å². The van der Waals surface area contributed by atoms with Gasteiger partial charge in [-0.3, -0.25) is 4.90 Å². The quantitative estimate of drug-likeness (QED) is 0.828. The molecule has 0 saturated heterocycles. The molecule has 0 radical (unpaired) electrons. The predicted octanol–water partition coefficient (Wildman–Crippen LogP) is 4.35. The number of amides is 1. The third-order valence-electron chi connectivity index (χ3n) is 2.62. The summed E-state index contributed by atoms with van der Waals surface area (Å²) in [6, 6.07) is 6.75. The van der Waals surface area contributed by atoms with Crippen LogP contribution in [0.25, 0.3) is 0 Å². The second-order valence-electron chi connectivity index (χ2n) is 5.06. The van der Waals surface area contributed by atoms with Crippen LogP contribution < -0.4 is 0 Å². The number of benzene rings is 1. The Morgan fingerprint density at radius 3 is 2.50 bits per heavy atom. The van der Waals surface area contributed by atoms with Crippen molar-refractivity contribution >= 4 is 17.7 Å². The number of nitrogens with zero attached hydrogens (tertiary/aromatic N) is 1. The summed E-state index contributed by atoms with van der Waals surface area (Å²) < 4.78 is 0. The second-order valence-corrected chi connectivity index (χ2v) is 5.50. The number of hydrogen-bond donors (Lipinski definition) is 1. The number of carbonyl (C=O) groups is 1. The van der Waals surface area contributed by atoms with E-state index in [-0.39, 0.29) is 0 Å². The monoisotopic (exact) mass is 267 g/mol. The van der Waals surface area contributed by atoms with E-state index in [1.54, 1.807) is 24.3 Å². The van der Waals surface area contributed by atoms with Gasteiger partial charge in [-0.2, -0.15) is 0 Å². The maximum atomic E-state index is 11.4. The van der Waals surface area contributed by atoms with Gasteiger partial charge in [-0.15, -0.1) is 6.58 Å². The topological polar surface area (TPSA) is 40.5 Å². The van der Waals surface area contributed by atoms with Crippen LogP contribution in [0.2, 0.25) is 5.02 Å². The Hall–Kier alpha value is -1.48. The largest absolute Gasteiger partial charge is 0.465 e. The lowest BCUT2D eigenvalue weighted by molar-refractivity contribution is 0.0831. The number of hydrogen-bond acceptors (Lipinski definition) is 1. The normalized spacial score (nSPS) is 12.9. The first-order chi connectivity index (χ1) is 8.27. The molecule has 1 rings (SSSR count). The molecule has 4 heteroatoms. The molecule has 0 fully saturated rings. The first kappa shape index (κ1) is 14.6. The van der Waals surface area contributed by atoms with Gasteiger partial charge in [0.2, 0.25) is 0 Å². The molecule has 0 aliphatic carbocycles. The van der Waals surface area contributed by atoms with Crippen molar-refractivity contribution in [1.29, 1.82) is 0 Å². The Morgan fingerprint density at radius 1 is 1.50 bits per heavy atom. The maximum absolute atomic E-state index is 11.4. The summed E-state index contributed by atoms with van der Waals surface area (Å²) in [5.41, 5.74) is 0.294. The molecule has 1 atom stereocenters. The van der Waals surface area contributed by atoms with Crippen LogP contribution in [-0.2, 0) is 0 Å². The van der Waals surface area contributed by atoms with Crippen molar-refractivity contribution in [3.05, 3.63) is 47.5 Å². The molecule has 0 aliphatic heterocycles. The summed E-state index contributed by atoms with van der Waals surface area (Å²) >= 11 is 5.94. The summed E-state index contributed by atoms with van der Waals surface area (Å²) in [4.78, 5) is 12.8. The van der Waals surface area contributed by atoms with Crippen molar-refractivity contribution in [1.82, 2.24) is 4.90 Å². The van der Waals surface area contributed by atoms with Crippen LogP contribution in [-0.4, -0.2) is 21.6 Å². The average molecular weight is 268 g/mol. The summed E-state index contributed by atoms with van der Waals surface area (Å²) in [7, 11) is 0. The average Bonchev–Trinajstić information content (AvgIpc) is 2.23. The molecular weight excluding hydrogens is 250 g/mol. The molecule has 0 aromatic heterocycles. The summed E-state index contributed by atoms with van der Waals surface area (Å²) in [5.74, 6) is 0. The van der Waals surface area contributed by atoms with E-state index in [2.05, 4.69) is 6.58 Å². The summed E-state index contributed by atoms with van der Waals surface area (Å²) in [6.07, 6.45) is 0.637. The van der Waals surface area contributed by atoms with E-state index in [0.29, 0.717) is 5.02 Å². The zero-order valence-electron chi connectivity index (χ0n) is 10.9. The highest BCUT2D eigenvalue weighted by atomic mass is 35.5. The number of rotatable bonds is 3. The Labute approximate surface area is 113 Å². The van der Waals surface area contributed by atoms with E-state index in [0.717, 1.165) is 5.56 Å². The van der Waals surface area contributed by atoms with E-state index in [9.17, 15) is 9.90 Å². The van der Waals surface area contributed by atoms with Crippen LogP contribution in [0, 0.1) is 0 Å². The molecule has 0 spiro atoms. The Kier molecular flexibility index (Phi) is 4.41. The second kappa shape index (κ2) is 5.44. The molecule has 1 amide bonds. The van der Waals surface area contributed by atoms with Crippen LogP contribution in [0.1, 0.15) is 32.4 Å². The van der Waals surface area contributed by atoms with E-state index in [1.165, 1.54) is 4.90 Å². The van der Waals surface area contributed by atoms with Gasteiger partial charge in [-0.1, -0.05) is 29.8 Å². The third kappa shape index (κ3) is 3.26. The smallest absolute Gasteiger partial charge is 0.408 e. The van der Waals surface area contributed by atoms with Gasteiger partial charge in [0.25, 0.3) is 0 Å². The molecule has 18 heavy (non-hydrogen) atoms. The zero-order valence-corrected chi connectivity index (χ0v) is 11.6. The molecule has 0 heterocycles. The van der Waals surface area contributed by atoms with Gasteiger partial charge in [-0.05, 0) is 38.5 Å². The Bertz CT molecular complexity index is 451. The Balaban J connectivity index is 3.23. The van der Waals surface area contributed by atoms with E-state index >= 15 is 0 Å². The summed E-state index contributed by atoms with van der Waals surface area (Å²) in [5, 5.41) is 9.97. The van der Waals surface area contributed by atoms with Crippen molar-refractivity contribution in [3.63, 3.8) is 0 Å². The van der Waals surface area contributed by atoms with Crippen LogP contribution >= 0.6 is 11.6 Å². The molecule has 3 nitrogen and oxygen atoms in total. The fraction of sp³-hybridized carbons (Fsp3) is 0.357. The summed E-state index contributed by atoms with van der Waals surface area (Å²) in [6.45, 7) is 9.28. The number of halogens is 1. The highest BCUT2D eigenvalue weighted by molar-refractivity contribution is 6.30. The van der Waals surface area contributed by atoms with Crippen LogP contribution in [0.4, 0.5) is 4.79 Å². The van der Waals surface area contributed by atoms with Crippen molar-refractivity contribution < 1.29 is 9.90 Å². The van der Waals surface area contributed by atoms with Gasteiger partial charge < -0.3 is 5.11 Å². The lowest BCUT2D eigenvalue weighted by Gasteiger charge is -2.38. The van der Waals surface area contributed by atoms with Crippen LogP contribution in [0.15, 0.2) is 36.9 Å². The molecule has 0 aliphatic rings. The van der Waals surface area contributed by atoms with E-state index in [1.807, 2.05) is 26.8 Å². The van der Waals surface area contributed by atoms with Crippen molar-refractivity contribution in [2.75, 3.05) is 0 Å². The van der Waals surface area contributed by atoms with Gasteiger partial charge in [0, 0.05) is 10.6 Å². The zero-order chi connectivity index (χ0) is 13.9. The molecular formula is C14H18ClNO2. The molecule has 1 aromatic carbocycles. The molecule has 1 unspecified atom stereocenters. The lowest BCUT2D eigenvalue weighted by Crippen LogP contribution is -2.46. The number of carboxylic acid groups (broad SMARTS) is 1. The standard InChI is InChI=1S/C14H18ClNO2/c1-5-12(10-7-6-8-11(15)9-10)16(13(17)18)14(2,3)4/h5-9,12H,1H2,2-4H3,(H,17,18). The fourth-order valence-corrected chi connectivity index (χ4v) is 2.10. The minimum atomic E-state index is -0.979. The van der Waals surface area contributed by atoms with Crippen molar-refractivity contribution in [2.45, 2.75) is 32.4 Å². The fourth-order valence-electron chi connectivity index (χ4n) is 1.90. The van der Waals surface area contributed by atoms with Crippen LogP contribution in [0.3, 0.4) is 0 Å². The predicted molar refractivity (Wildman–Crippen MR) is 74.0 cm³/mol. The van der Waals surface area contributed by atoms with Gasteiger partial charge in [0.15, 0.2) is 0 Å². The minimum absolute atomic E-state index is 0.416. The molecule has 1 N–H and O–H groups in total. The van der Waals surface area contributed by atoms with Crippen molar-refractivity contribution in [2.24, 2.45) is 0 Å². The molecule has 1 aromatic rings. The first-order valence-corrected chi connectivity index (χ1v) is 6.05. The molecule has 0 saturated carbocycles. The SMILES string of the molecule is C=CC(c1cccc(Cl)c1)N(C(=O)O)C(C)(C)C. The highest BCUT2D eigenvalue weighted by Gasteiger charge is 2.32. The maximum Gasteiger partial charge on any atom is 0.408 e. The van der Waals surface area contributed by atoms with Gasteiger partial charge in [-0.25, -0.2) is 4.79 Å². The van der Waals surface area contributed by atoms with Gasteiger partial charge >= 0.3 is 6.09 Å². The minimum Gasteiger partial charge on any atom is -0.465 e. The Morgan fingerprint density at radius 2 is 2.11 bits per heavy atom. The van der Waals surface area contributed by atoms with Gasteiger partial charge in [0.05, 0.1) is 6.04 Å². The highest BCUT2D eigenvalue weighted by Crippen LogP contribution is 2.30. The molecule has 98 valence electrons. The first-order valence-electron chi connectivity index (χ1n) is 5.67. The van der Waals surface area contributed by atoms with Crippen molar-refractivity contribution in [3.8, 4) is 0 Å². The van der Waals surface area contributed by atoms with E-state index < -0.39 is 17.7 Å². The lowest BCUT2D eigenvalue weighted by atomic mass is 9.98. The van der Waals surface area contributed by atoms with Gasteiger partial charge in [0.1, 0.15) is 0 Å². The molecule has 0 bridgehead atoms. The van der Waals surface area contributed by atoms with E-state index in [4.69, 9.17) is 11.6 Å². The third-order valence-corrected chi connectivity index (χ3v) is 2.86.